The Morgan fingerprint density at radius 2 is 1.95 bits per heavy atom. The number of rotatable bonds is 5. The van der Waals surface area contributed by atoms with Gasteiger partial charge in [-0.2, -0.15) is 0 Å². The molecule has 6 heteroatoms. The van der Waals surface area contributed by atoms with Crippen LogP contribution in [0.2, 0.25) is 0 Å². The summed E-state index contributed by atoms with van der Waals surface area (Å²) in [7, 11) is 1.68. The third kappa shape index (κ3) is 7.13. The molecule has 5 nitrogen and oxygen atoms in total. The van der Waals surface area contributed by atoms with Crippen molar-refractivity contribution < 1.29 is 9.53 Å². The van der Waals surface area contributed by atoms with Gasteiger partial charge in [0.2, 0.25) is 0 Å². The van der Waals surface area contributed by atoms with Crippen LogP contribution in [0.1, 0.15) is 37.4 Å². The van der Waals surface area contributed by atoms with Crippen molar-refractivity contribution in [2.24, 2.45) is 4.99 Å². The van der Waals surface area contributed by atoms with Crippen LogP contribution in [0.5, 0.6) is 0 Å². The van der Waals surface area contributed by atoms with Crippen LogP contribution in [0.25, 0.3) is 0 Å². The zero-order valence-corrected chi connectivity index (χ0v) is 14.3. The SMILES string of the molecule is CCc1ccc(CNC(=NC)NCC(=O)OC(C)(C)C)s1. The number of aliphatic imine (C=N–C) groups is 1. The molecular weight excluding hydrogens is 286 g/mol. The molecule has 0 bridgehead atoms. The van der Waals surface area contributed by atoms with Crippen molar-refractivity contribution in [2.75, 3.05) is 13.6 Å². The van der Waals surface area contributed by atoms with Crippen molar-refractivity contribution in [1.29, 1.82) is 0 Å². The van der Waals surface area contributed by atoms with Gasteiger partial charge in [-0.15, -0.1) is 11.3 Å². The van der Waals surface area contributed by atoms with Gasteiger partial charge in [-0.3, -0.25) is 9.79 Å². The summed E-state index contributed by atoms with van der Waals surface area (Å²) < 4.78 is 5.23. The molecule has 0 radical (unpaired) electrons. The number of hydrogen-bond donors (Lipinski definition) is 2. The molecule has 0 unspecified atom stereocenters. The molecule has 0 aliphatic heterocycles. The van der Waals surface area contributed by atoms with Gasteiger partial charge in [-0.1, -0.05) is 6.92 Å². The van der Waals surface area contributed by atoms with Gasteiger partial charge in [-0.05, 0) is 39.3 Å². The lowest BCUT2D eigenvalue weighted by atomic mass is 10.2. The van der Waals surface area contributed by atoms with Gasteiger partial charge in [0.1, 0.15) is 12.1 Å². The van der Waals surface area contributed by atoms with Gasteiger partial charge < -0.3 is 15.4 Å². The Bertz CT molecular complexity index is 489. The third-order valence-corrected chi connectivity index (χ3v) is 3.77. The lowest BCUT2D eigenvalue weighted by Crippen LogP contribution is -2.41. The largest absolute Gasteiger partial charge is 0.459 e. The van der Waals surface area contributed by atoms with Gasteiger partial charge in [0, 0.05) is 16.8 Å². The standard InChI is InChI=1S/C15H25N3O2S/c1-6-11-7-8-12(21-11)9-17-14(16-5)18-10-13(19)20-15(2,3)4/h7-8H,6,9-10H2,1-5H3,(H2,16,17,18). The molecule has 1 rings (SSSR count). The van der Waals surface area contributed by atoms with Crippen LogP contribution >= 0.6 is 11.3 Å². The zero-order valence-electron chi connectivity index (χ0n) is 13.4. The zero-order chi connectivity index (χ0) is 15.9. The number of guanidine groups is 1. The molecule has 1 heterocycles. The Hall–Kier alpha value is -1.56. The predicted octanol–water partition coefficient (Wildman–Crippen LogP) is 2.32. The van der Waals surface area contributed by atoms with E-state index in [0.717, 1.165) is 6.42 Å². The molecule has 0 aromatic carbocycles. The molecule has 0 atom stereocenters. The molecule has 0 aliphatic rings. The number of nitrogens with zero attached hydrogens (tertiary/aromatic N) is 1. The molecule has 118 valence electrons. The molecule has 2 N–H and O–H groups in total. The van der Waals surface area contributed by atoms with E-state index in [0.29, 0.717) is 12.5 Å². The van der Waals surface area contributed by atoms with Crippen LogP contribution in [-0.4, -0.2) is 31.1 Å². The van der Waals surface area contributed by atoms with E-state index < -0.39 is 5.60 Å². The highest BCUT2D eigenvalue weighted by atomic mass is 32.1. The first-order chi connectivity index (χ1) is 9.84. The fourth-order valence-electron chi connectivity index (χ4n) is 1.63. The molecule has 0 fully saturated rings. The molecule has 0 amide bonds. The summed E-state index contributed by atoms with van der Waals surface area (Å²) in [5, 5.41) is 6.13. The topological polar surface area (TPSA) is 62.7 Å². The second-order valence-corrected chi connectivity index (χ2v) is 6.84. The lowest BCUT2D eigenvalue weighted by Gasteiger charge is -2.20. The number of aryl methyl sites for hydroxylation is 1. The van der Waals surface area contributed by atoms with Crippen molar-refractivity contribution >= 4 is 23.3 Å². The monoisotopic (exact) mass is 311 g/mol. The summed E-state index contributed by atoms with van der Waals surface area (Å²) in [4.78, 5) is 18.3. The maximum Gasteiger partial charge on any atom is 0.325 e. The van der Waals surface area contributed by atoms with E-state index in [-0.39, 0.29) is 12.5 Å². The van der Waals surface area contributed by atoms with E-state index in [2.05, 4.69) is 34.7 Å². The van der Waals surface area contributed by atoms with E-state index in [1.807, 2.05) is 20.8 Å². The first kappa shape index (κ1) is 17.5. The van der Waals surface area contributed by atoms with Crippen molar-refractivity contribution in [3.63, 3.8) is 0 Å². The summed E-state index contributed by atoms with van der Waals surface area (Å²) in [5.41, 5.74) is -0.469. The van der Waals surface area contributed by atoms with Crippen LogP contribution in [0.4, 0.5) is 0 Å². The maximum atomic E-state index is 11.6. The van der Waals surface area contributed by atoms with Crippen molar-refractivity contribution in [2.45, 2.75) is 46.3 Å². The normalized spacial score (nSPS) is 12.1. The molecule has 0 saturated heterocycles. The van der Waals surface area contributed by atoms with Crippen LogP contribution in [0, 0.1) is 0 Å². The smallest absolute Gasteiger partial charge is 0.325 e. The second kappa shape index (κ2) is 8.02. The number of ether oxygens (including phenoxy) is 1. The van der Waals surface area contributed by atoms with Gasteiger partial charge in [0.25, 0.3) is 0 Å². The molecule has 0 spiro atoms. The Labute approximate surface area is 130 Å². The number of thiophene rings is 1. The lowest BCUT2D eigenvalue weighted by molar-refractivity contribution is -0.153. The van der Waals surface area contributed by atoms with Crippen molar-refractivity contribution in [3.8, 4) is 0 Å². The summed E-state index contributed by atoms with van der Waals surface area (Å²) in [6, 6.07) is 4.25. The first-order valence-electron chi connectivity index (χ1n) is 7.08. The van der Waals surface area contributed by atoms with Gasteiger partial charge >= 0.3 is 5.97 Å². The highest BCUT2D eigenvalue weighted by molar-refractivity contribution is 7.11. The molecule has 0 aliphatic carbocycles. The van der Waals surface area contributed by atoms with E-state index in [4.69, 9.17) is 4.74 Å². The van der Waals surface area contributed by atoms with Crippen molar-refractivity contribution in [3.05, 3.63) is 21.9 Å². The van der Waals surface area contributed by atoms with E-state index in [1.165, 1.54) is 9.75 Å². The number of carbonyl (C=O) groups is 1. The fraction of sp³-hybridized carbons (Fsp3) is 0.600. The molecular formula is C15H25N3O2S. The van der Waals surface area contributed by atoms with Gasteiger partial charge in [0.05, 0.1) is 6.54 Å². The Kier molecular flexibility index (Phi) is 6.68. The Morgan fingerprint density at radius 1 is 1.29 bits per heavy atom. The Morgan fingerprint density at radius 3 is 2.48 bits per heavy atom. The Balaban J connectivity index is 2.37. The third-order valence-electron chi connectivity index (χ3n) is 2.54. The highest BCUT2D eigenvalue weighted by Gasteiger charge is 2.16. The van der Waals surface area contributed by atoms with E-state index in [1.54, 1.807) is 18.4 Å². The quantitative estimate of drug-likeness (QED) is 0.498. The van der Waals surface area contributed by atoms with Gasteiger partial charge in [0.15, 0.2) is 5.96 Å². The first-order valence-corrected chi connectivity index (χ1v) is 7.89. The summed E-state index contributed by atoms with van der Waals surface area (Å²) in [6.45, 7) is 8.48. The summed E-state index contributed by atoms with van der Waals surface area (Å²) in [6.07, 6.45) is 1.05. The second-order valence-electron chi connectivity index (χ2n) is 5.59. The van der Waals surface area contributed by atoms with Gasteiger partial charge in [-0.25, -0.2) is 0 Å². The van der Waals surface area contributed by atoms with Crippen LogP contribution in [0.15, 0.2) is 17.1 Å². The summed E-state index contributed by atoms with van der Waals surface area (Å²) >= 11 is 1.78. The maximum absolute atomic E-state index is 11.6. The average Bonchev–Trinajstić information content (AvgIpc) is 2.85. The average molecular weight is 311 g/mol. The van der Waals surface area contributed by atoms with E-state index in [9.17, 15) is 4.79 Å². The molecule has 21 heavy (non-hydrogen) atoms. The van der Waals surface area contributed by atoms with Crippen LogP contribution in [0.3, 0.4) is 0 Å². The predicted molar refractivity (Wildman–Crippen MR) is 87.7 cm³/mol. The van der Waals surface area contributed by atoms with E-state index >= 15 is 0 Å². The minimum Gasteiger partial charge on any atom is -0.459 e. The number of nitrogens with one attached hydrogen (secondary N) is 2. The minimum atomic E-state index is -0.469. The van der Waals surface area contributed by atoms with Crippen LogP contribution in [-0.2, 0) is 22.5 Å². The number of carbonyl (C=O) groups excluding carboxylic acids is 1. The fourth-order valence-corrected chi connectivity index (χ4v) is 2.53. The molecule has 0 saturated carbocycles. The molecule has 1 aromatic rings. The highest BCUT2D eigenvalue weighted by Crippen LogP contribution is 2.16. The summed E-state index contributed by atoms with van der Waals surface area (Å²) in [5.74, 6) is 0.294. The minimum absolute atomic E-state index is 0.0988. The molecule has 1 aromatic heterocycles. The number of hydrogen-bond acceptors (Lipinski definition) is 4. The van der Waals surface area contributed by atoms with Crippen molar-refractivity contribution in [1.82, 2.24) is 10.6 Å². The number of esters is 1. The van der Waals surface area contributed by atoms with Crippen LogP contribution < -0.4 is 10.6 Å².